The maximum absolute atomic E-state index is 11.9. The molecule has 4 heteroatoms. The van der Waals surface area contributed by atoms with Crippen molar-refractivity contribution in [2.75, 3.05) is 26.4 Å². The molecule has 1 aliphatic heterocycles. The van der Waals surface area contributed by atoms with Crippen molar-refractivity contribution in [1.29, 1.82) is 0 Å². The Morgan fingerprint density at radius 2 is 2.15 bits per heavy atom. The summed E-state index contributed by atoms with van der Waals surface area (Å²) in [5.41, 5.74) is 3.14. The summed E-state index contributed by atoms with van der Waals surface area (Å²) >= 11 is 0. The van der Waals surface area contributed by atoms with Gasteiger partial charge in [-0.2, -0.15) is 0 Å². The molecule has 0 aromatic heterocycles. The molecule has 0 amide bonds. The van der Waals surface area contributed by atoms with E-state index in [1.54, 1.807) is 0 Å². The topological polar surface area (TPSA) is 47.6 Å². The van der Waals surface area contributed by atoms with Crippen molar-refractivity contribution < 1.29 is 14.3 Å². The van der Waals surface area contributed by atoms with Crippen LogP contribution in [0.2, 0.25) is 0 Å². The normalized spacial score (nSPS) is 14.2. The van der Waals surface area contributed by atoms with Gasteiger partial charge in [0, 0.05) is 13.2 Å². The van der Waals surface area contributed by atoms with E-state index in [-0.39, 0.29) is 5.97 Å². The maximum atomic E-state index is 11.9. The lowest BCUT2D eigenvalue weighted by molar-refractivity contribution is 0.0277. The summed E-state index contributed by atoms with van der Waals surface area (Å²) in [5, 5.41) is 3.31. The SMILES string of the molecule is CC(C)COCCOC(=O)c1ccc2c(c1)CNCC2. The average molecular weight is 277 g/mol. The van der Waals surface area contributed by atoms with Crippen LogP contribution in [0.5, 0.6) is 0 Å². The Morgan fingerprint density at radius 1 is 1.30 bits per heavy atom. The van der Waals surface area contributed by atoms with Gasteiger partial charge in [0.1, 0.15) is 6.61 Å². The zero-order valence-corrected chi connectivity index (χ0v) is 12.3. The van der Waals surface area contributed by atoms with Crippen LogP contribution in [-0.2, 0) is 22.4 Å². The quantitative estimate of drug-likeness (QED) is 0.639. The molecule has 0 atom stereocenters. The molecule has 0 saturated heterocycles. The highest BCUT2D eigenvalue weighted by atomic mass is 16.6. The Bertz CT molecular complexity index is 457. The number of nitrogens with one attached hydrogen (secondary N) is 1. The highest BCUT2D eigenvalue weighted by Crippen LogP contribution is 2.16. The molecule has 0 saturated carbocycles. The molecule has 4 nitrogen and oxygen atoms in total. The van der Waals surface area contributed by atoms with Crippen LogP contribution in [0.25, 0.3) is 0 Å². The Kier molecular flexibility index (Phi) is 5.56. The lowest BCUT2D eigenvalue weighted by atomic mass is 9.99. The summed E-state index contributed by atoms with van der Waals surface area (Å²) in [6.07, 6.45) is 1.02. The number of rotatable bonds is 6. The molecule has 0 spiro atoms. The molecule has 0 unspecified atom stereocenters. The van der Waals surface area contributed by atoms with Gasteiger partial charge in [0.05, 0.1) is 12.2 Å². The van der Waals surface area contributed by atoms with Crippen molar-refractivity contribution in [3.05, 3.63) is 34.9 Å². The van der Waals surface area contributed by atoms with Crippen LogP contribution in [0.3, 0.4) is 0 Å². The number of fused-ring (bicyclic) bond motifs is 1. The third-order valence-electron chi connectivity index (χ3n) is 3.24. The molecule has 1 aromatic carbocycles. The molecule has 1 N–H and O–H groups in total. The molecule has 1 aromatic rings. The molecule has 20 heavy (non-hydrogen) atoms. The maximum Gasteiger partial charge on any atom is 0.338 e. The molecule has 0 bridgehead atoms. The summed E-state index contributed by atoms with van der Waals surface area (Å²) in [5.74, 6) is 0.227. The van der Waals surface area contributed by atoms with E-state index in [1.807, 2.05) is 18.2 Å². The predicted octanol–water partition coefficient (Wildman–Crippen LogP) is 2.16. The van der Waals surface area contributed by atoms with Gasteiger partial charge in [-0.05, 0) is 42.1 Å². The standard InChI is InChI=1S/C16H23NO3/c1-12(2)11-19-7-8-20-16(18)14-4-3-13-5-6-17-10-15(13)9-14/h3-4,9,12,17H,5-8,10-11H2,1-2H3. The van der Waals surface area contributed by atoms with Gasteiger partial charge in [-0.25, -0.2) is 4.79 Å². The van der Waals surface area contributed by atoms with Crippen molar-refractivity contribution >= 4 is 5.97 Å². The molecular weight excluding hydrogens is 254 g/mol. The summed E-state index contributed by atoms with van der Waals surface area (Å²) in [6.45, 7) is 7.47. The molecule has 110 valence electrons. The number of hydrogen-bond donors (Lipinski definition) is 1. The second-order valence-corrected chi connectivity index (χ2v) is 5.51. The molecule has 0 radical (unpaired) electrons. The lowest BCUT2D eigenvalue weighted by Gasteiger charge is -2.17. The minimum absolute atomic E-state index is 0.272. The number of carbonyl (C=O) groups excluding carboxylic acids is 1. The molecule has 1 aliphatic rings. The van der Waals surface area contributed by atoms with Gasteiger partial charge in [-0.15, -0.1) is 0 Å². The fourth-order valence-electron chi connectivity index (χ4n) is 2.20. The van der Waals surface area contributed by atoms with E-state index < -0.39 is 0 Å². The Balaban J connectivity index is 1.80. The molecular formula is C16H23NO3. The summed E-state index contributed by atoms with van der Waals surface area (Å²) in [4.78, 5) is 11.9. The monoisotopic (exact) mass is 277 g/mol. The second-order valence-electron chi connectivity index (χ2n) is 5.51. The molecule has 0 aliphatic carbocycles. The number of hydrogen-bond acceptors (Lipinski definition) is 4. The van der Waals surface area contributed by atoms with Crippen molar-refractivity contribution in [1.82, 2.24) is 5.32 Å². The highest BCUT2D eigenvalue weighted by molar-refractivity contribution is 5.89. The smallest absolute Gasteiger partial charge is 0.338 e. The lowest BCUT2D eigenvalue weighted by Crippen LogP contribution is -2.24. The van der Waals surface area contributed by atoms with E-state index in [4.69, 9.17) is 9.47 Å². The largest absolute Gasteiger partial charge is 0.460 e. The average Bonchev–Trinajstić information content (AvgIpc) is 2.46. The van der Waals surface area contributed by atoms with E-state index in [1.165, 1.54) is 11.1 Å². The van der Waals surface area contributed by atoms with Crippen LogP contribution in [0.15, 0.2) is 18.2 Å². The van der Waals surface area contributed by atoms with Gasteiger partial charge >= 0.3 is 5.97 Å². The molecule has 2 rings (SSSR count). The van der Waals surface area contributed by atoms with Gasteiger partial charge in [0.2, 0.25) is 0 Å². The number of esters is 1. The van der Waals surface area contributed by atoms with Crippen molar-refractivity contribution in [3.8, 4) is 0 Å². The first kappa shape index (κ1) is 15.0. The first-order valence-electron chi connectivity index (χ1n) is 7.24. The van der Waals surface area contributed by atoms with Gasteiger partial charge in [0.15, 0.2) is 0 Å². The second kappa shape index (κ2) is 7.41. The Labute approximate surface area is 120 Å². The fourth-order valence-corrected chi connectivity index (χ4v) is 2.20. The highest BCUT2D eigenvalue weighted by Gasteiger charge is 2.13. The van der Waals surface area contributed by atoms with Gasteiger partial charge in [0.25, 0.3) is 0 Å². The minimum Gasteiger partial charge on any atom is -0.460 e. The molecule has 0 fully saturated rings. The first-order valence-corrected chi connectivity index (χ1v) is 7.24. The van der Waals surface area contributed by atoms with E-state index in [2.05, 4.69) is 19.2 Å². The van der Waals surface area contributed by atoms with Crippen LogP contribution >= 0.6 is 0 Å². The first-order chi connectivity index (χ1) is 9.66. The van der Waals surface area contributed by atoms with E-state index in [0.29, 0.717) is 31.3 Å². The number of carbonyl (C=O) groups is 1. The van der Waals surface area contributed by atoms with Gasteiger partial charge in [-0.1, -0.05) is 19.9 Å². The number of ether oxygens (including phenoxy) is 2. The summed E-state index contributed by atoms with van der Waals surface area (Å²) in [6, 6.07) is 5.81. The van der Waals surface area contributed by atoms with E-state index >= 15 is 0 Å². The van der Waals surface area contributed by atoms with Crippen LogP contribution in [-0.4, -0.2) is 32.3 Å². The third-order valence-corrected chi connectivity index (χ3v) is 3.24. The van der Waals surface area contributed by atoms with Gasteiger partial charge in [-0.3, -0.25) is 0 Å². The van der Waals surface area contributed by atoms with E-state index in [9.17, 15) is 4.79 Å². The fraction of sp³-hybridized carbons (Fsp3) is 0.562. The van der Waals surface area contributed by atoms with E-state index in [0.717, 1.165) is 19.5 Å². The van der Waals surface area contributed by atoms with Crippen LogP contribution in [0.1, 0.15) is 35.3 Å². The van der Waals surface area contributed by atoms with Crippen LogP contribution in [0, 0.1) is 5.92 Å². The zero-order valence-electron chi connectivity index (χ0n) is 12.3. The Morgan fingerprint density at radius 3 is 2.95 bits per heavy atom. The Hall–Kier alpha value is -1.39. The third kappa shape index (κ3) is 4.32. The minimum atomic E-state index is -0.272. The number of benzene rings is 1. The predicted molar refractivity (Wildman–Crippen MR) is 77.8 cm³/mol. The summed E-state index contributed by atoms with van der Waals surface area (Å²) in [7, 11) is 0. The summed E-state index contributed by atoms with van der Waals surface area (Å²) < 4.78 is 10.6. The zero-order chi connectivity index (χ0) is 14.4. The molecule has 1 heterocycles. The van der Waals surface area contributed by atoms with Crippen molar-refractivity contribution in [2.24, 2.45) is 5.92 Å². The van der Waals surface area contributed by atoms with Crippen LogP contribution < -0.4 is 5.32 Å². The van der Waals surface area contributed by atoms with Gasteiger partial charge < -0.3 is 14.8 Å². The van der Waals surface area contributed by atoms with Crippen molar-refractivity contribution in [2.45, 2.75) is 26.8 Å². The van der Waals surface area contributed by atoms with Crippen molar-refractivity contribution in [3.63, 3.8) is 0 Å². The van der Waals surface area contributed by atoms with Crippen LogP contribution in [0.4, 0.5) is 0 Å².